The third-order valence-corrected chi connectivity index (χ3v) is 3.34. The number of amides is 1. The first-order chi connectivity index (χ1) is 7.59. The molecule has 94 valence electrons. The van der Waals surface area contributed by atoms with Gasteiger partial charge in [0.1, 0.15) is 0 Å². The third-order valence-electron chi connectivity index (χ3n) is 3.34. The molecule has 1 saturated heterocycles. The molecule has 0 radical (unpaired) electrons. The highest BCUT2D eigenvalue weighted by Gasteiger charge is 2.15. The van der Waals surface area contributed by atoms with Gasteiger partial charge >= 0.3 is 0 Å². The topological polar surface area (TPSA) is 35.6 Å². The molecule has 0 unspecified atom stereocenters. The van der Waals surface area contributed by atoms with Crippen molar-refractivity contribution in [2.75, 3.05) is 47.3 Å². The van der Waals surface area contributed by atoms with Crippen molar-refractivity contribution < 1.29 is 4.79 Å². The van der Waals surface area contributed by atoms with Gasteiger partial charge in [-0.1, -0.05) is 0 Å². The largest absolute Gasteiger partial charge is 0.348 e. The molecule has 1 N–H and O–H groups in total. The van der Waals surface area contributed by atoms with Gasteiger partial charge in [-0.3, -0.25) is 4.79 Å². The number of likely N-dealkylation sites (tertiary alicyclic amines) is 1. The molecular formula is C12H25N3O. The second-order valence-corrected chi connectivity index (χ2v) is 5.00. The number of hydrogen-bond donors (Lipinski definition) is 1. The van der Waals surface area contributed by atoms with Crippen molar-refractivity contribution in [3.8, 4) is 0 Å². The van der Waals surface area contributed by atoms with Gasteiger partial charge in [-0.25, -0.2) is 0 Å². The van der Waals surface area contributed by atoms with E-state index in [9.17, 15) is 4.79 Å². The Morgan fingerprint density at radius 3 is 2.56 bits per heavy atom. The molecule has 1 rings (SSSR count). The number of piperidine rings is 1. The second kappa shape index (κ2) is 6.86. The van der Waals surface area contributed by atoms with Crippen LogP contribution < -0.4 is 5.32 Å². The summed E-state index contributed by atoms with van der Waals surface area (Å²) in [4.78, 5) is 15.3. The van der Waals surface area contributed by atoms with Gasteiger partial charge in [-0.15, -0.1) is 0 Å². The van der Waals surface area contributed by atoms with Crippen molar-refractivity contribution in [3.05, 3.63) is 0 Å². The quantitative estimate of drug-likeness (QED) is 0.690. The van der Waals surface area contributed by atoms with E-state index >= 15 is 0 Å². The molecule has 4 heteroatoms. The zero-order valence-corrected chi connectivity index (χ0v) is 10.8. The number of carbonyl (C=O) groups is 1. The lowest BCUT2D eigenvalue weighted by Crippen LogP contribution is -2.35. The molecule has 0 bridgehead atoms. The zero-order chi connectivity index (χ0) is 12.0. The molecule has 1 amide bonds. The van der Waals surface area contributed by atoms with Crippen molar-refractivity contribution in [1.29, 1.82) is 0 Å². The van der Waals surface area contributed by atoms with E-state index < -0.39 is 0 Å². The van der Waals surface area contributed by atoms with Crippen molar-refractivity contribution >= 4 is 5.91 Å². The first-order valence-electron chi connectivity index (χ1n) is 6.19. The third kappa shape index (κ3) is 4.94. The minimum Gasteiger partial charge on any atom is -0.348 e. The average Bonchev–Trinajstić information content (AvgIpc) is 2.26. The van der Waals surface area contributed by atoms with Gasteiger partial charge in [-0.2, -0.15) is 0 Å². The van der Waals surface area contributed by atoms with Gasteiger partial charge in [0.2, 0.25) is 5.91 Å². The monoisotopic (exact) mass is 227 g/mol. The fourth-order valence-corrected chi connectivity index (χ4v) is 2.01. The highest BCUT2D eigenvalue weighted by molar-refractivity contribution is 5.77. The van der Waals surface area contributed by atoms with E-state index in [1.54, 1.807) is 19.0 Å². The summed E-state index contributed by atoms with van der Waals surface area (Å²) < 4.78 is 0. The van der Waals surface area contributed by atoms with E-state index in [-0.39, 0.29) is 5.91 Å². The van der Waals surface area contributed by atoms with Crippen LogP contribution in [-0.2, 0) is 4.79 Å². The maximum absolute atomic E-state index is 11.3. The Hall–Kier alpha value is -0.610. The number of carbonyl (C=O) groups excluding carboxylic acids is 1. The normalized spacial score (nSPS) is 18.7. The minimum absolute atomic E-state index is 0.156. The Bertz CT molecular complexity index is 210. The Morgan fingerprint density at radius 1 is 1.38 bits per heavy atom. The Kier molecular flexibility index (Phi) is 5.77. The van der Waals surface area contributed by atoms with Crippen molar-refractivity contribution in [1.82, 2.24) is 15.1 Å². The van der Waals surface area contributed by atoms with Gasteiger partial charge in [0, 0.05) is 14.1 Å². The van der Waals surface area contributed by atoms with Gasteiger partial charge in [0.05, 0.1) is 6.54 Å². The van der Waals surface area contributed by atoms with Gasteiger partial charge in [-0.05, 0) is 51.9 Å². The number of nitrogens with one attached hydrogen (secondary N) is 1. The van der Waals surface area contributed by atoms with Crippen LogP contribution in [0.2, 0.25) is 0 Å². The molecule has 16 heavy (non-hydrogen) atoms. The summed E-state index contributed by atoms with van der Waals surface area (Å²) in [6.45, 7) is 3.89. The molecule has 1 aliphatic rings. The SMILES string of the molecule is CN1CCC(CCNCC(=O)N(C)C)CC1. The maximum atomic E-state index is 11.3. The molecule has 0 aromatic heterocycles. The molecule has 0 spiro atoms. The summed E-state index contributed by atoms with van der Waals surface area (Å²) in [5.74, 6) is 1.00. The summed E-state index contributed by atoms with van der Waals surface area (Å²) in [5.41, 5.74) is 0. The lowest BCUT2D eigenvalue weighted by molar-refractivity contribution is -0.127. The fourth-order valence-electron chi connectivity index (χ4n) is 2.01. The standard InChI is InChI=1S/C12H25N3O/c1-14(2)12(16)10-13-7-4-11-5-8-15(3)9-6-11/h11,13H,4-10H2,1-3H3. The van der Waals surface area contributed by atoms with Crippen molar-refractivity contribution in [3.63, 3.8) is 0 Å². The van der Waals surface area contributed by atoms with Crippen LogP contribution in [0.1, 0.15) is 19.3 Å². The summed E-state index contributed by atoms with van der Waals surface area (Å²) in [7, 11) is 5.77. The average molecular weight is 227 g/mol. The molecule has 1 fully saturated rings. The van der Waals surface area contributed by atoms with Crippen LogP contribution in [0.4, 0.5) is 0 Å². The van der Waals surface area contributed by atoms with Crippen LogP contribution in [0.3, 0.4) is 0 Å². The zero-order valence-electron chi connectivity index (χ0n) is 10.8. The molecule has 0 saturated carbocycles. The van der Waals surface area contributed by atoms with Gasteiger partial charge < -0.3 is 15.1 Å². The molecule has 0 atom stereocenters. The molecule has 4 nitrogen and oxygen atoms in total. The number of nitrogens with zero attached hydrogens (tertiary/aromatic N) is 2. The van der Waals surface area contributed by atoms with Crippen LogP contribution in [0.15, 0.2) is 0 Å². The summed E-state index contributed by atoms with van der Waals surface area (Å²) in [5, 5.41) is 3.22. The van der Waals surface area contributed by atoms with Crippen molar-refractivity contribution in [2.24, 2.45) is 5.92 Å². The van der Waals surface area contributed by atoms with E-state index in [1.165, 1.54) is 32.4 Å². The van der Waals surface area contributed by atoms with E-state index in [0.29, 0.717) is 6.54 Å². The highest BCUT2D eigenvalue weighted by Crippen LogP contribution is 2.18. The number of likely N-dealkylation sites (N-methyl/N-ethyl adjacent to an activating group) is 1. The van der Waals surface area contributed by atoms with E-state index in [2.05, 4.69) is 17.3 Å². The fraction of sp³-hybridized carbons (Fsp3) is 0.917. The predicted molar refractivity (Wildman–Crippen MR) is 66.4 cm³/mol. The minimum atomic E-state index is 0.156. The summed E-state index contributed by atoms with van der Waals surface area (Å²) >= 11 is 0. The Morgan fingerprint density at radius 2 is 2.00 bits per heavy atom. The molecule has 1 aliphatic heterocycles. The van der Waals surface area contributed by atoms with E-state index in [0.717, 1.165) is 12.5 Å². The first-order valence-corrected chi connectivity index (χ1v) is 6.19. The van der Waals surface area contributed by atoms with Crippen LogP contribution in [-0.4, -0.2) is 63.0 Å². The van der Waals surface area contributed by atoms with Gasteiger partial charge in [0.25, 0.3) is 0 Å². The molecule has 0 aromatic rings. The van der Waals surface area contributed by atoms with E-state index in [4.69, 9.17) is 0 Å². The summed E-state index contributed by atoms with van der Waals surface area (Å²) in [6.07, 6.45) is 3.81. The lowest BCUT2D eigenvalue weighted by Gasteiger charge is -2.28. The summed E-state index contributed by atoms with van der Waals surface area (Å²) in [6, 6.07) is 0. The smallest absolute Gasteiger partial charge is 0.236 e. The highest BCUT2D eigenvalue weighted by atomic mass is 16.2. The predicted octanol–water partition coefficient (Wildman–Crippen LogP) is 0.396. The van der Waals surface area contributed by atoms with Crippen molar-refractivity contribution in [2.45, 2.75) is 19.3 Å². The Balaban J connectivity index is 2.01. The molecule has 0 aliphatic carbocycles. The van der Waals surface area contributed by atoms with Crippen LogP contribution in [0.5, 0.6) is 0 Å². The molecular weight excluding hydrogens is 202 g/mol. The molecule has 0 aromatic carbocycles. The van der Waals surface area contributed by atoms with Crippen LogP contribution in [0, 0.1) is 5.92 Å². The second-order valence-electron chi connectivity index (χ2n) is 5.00. The lowest BCUT2D eigenvalue weighted by atomic mass is 9.94. The Labute approximate surface area is 99.0 Å². The molecule has 1 heterocycles. The van der Waals surface area contributed by atoms with Crippen LogP contribution in [0.25, 0.3) is 0 Å². The van der Waals surface area contributed by atoms with Crippen LogP contribution >= 0.6 is 0 Å². The van der Waals surface area contributed by atoms with E-state index in [1.807, 2.05) is 0 Å². The first kappa shape index (κ1) is 13.5. The van der Waals surface area contributed by atoms with Gasteiger partial charge in [0.15, 0.2) is 0 Å². The number of hydrogen-bond acceptors (Lipinski definition) is 3. The number of rotatable bonds is 5. The maximum Gasteiger partial charge on any atom is 0.236 e.